The summed E-state index contributed by atoms with van der Waals surface area (Å²) in [6, 6.07) is 17.1. The van der Waals surface area contributed by atoms with Crippen LogP contribution in [0.2, 0.25) is 10.0 Å². The molecule has 0 atom stereocenters. The first-order chi connectivity index (χ1) is 12.5. The molecule has 0 unspecified atom stereocenters. The number of anilines is 1. The quantitative estimate of drug-likeness (QED) is 0.717. The maximum absolute atomic E-state index is 12.5. The highest BCUT2D eigenvalue weighted by Gasteiger charge is 2.13. The highest BCUT2D eigenvalue weighted by molar-refractivity contribution is 6.42. The number of pyridine rings is 1. The summed E-state index contributed by atoms with van der Waals surface area (Å²) in [5.74, 6) is -0.564. The lowest BCUT2D eigenvalue weighted by atomic mass is 10.2. The third-order valence-electron chi connectivity index (χ3n) is 3.55. The molecule has 5 nitrogen and oxygen atoms in total. The van der Waals surface area contributed by atoms with E-state index in [0.717, 1.165) is 10.3 Å². The molecule has 26 heavy (non-hydrogen) atoms. The van der Waals surface area contributed by atoms with Gasteiger partial charge in [-0.3, -0.25) is 9.59 Å². The van der Waals surface area contributed by atoms with Crippen LogP contribution in [0, 0.1) is 0 Å². The second-order valence-electron chi connectivity index (χ2n) is 5.39. The minimum atomic E-state index is -0.564. The van der Waals surface area contributed by atoms with Gasteiger partial charge in [0.05, 0.1) is 10.0 Å². The van der Waals surface area contributed by atoms with E-state index in [2.05, 4.69) is 5.32 Å². The van der Waals surface area contributed by atoms with Gasteiger partial charge in [-0.25, -0.2) is 0 Å². The summed E-state index contributed by atoms with van der Waals surface area (Å²) in [6.07, 6.45) is 1.46. The topological polar surface area (TPSA) is 60.3 Å². The fourth-order valence-electron chi connectivity index (χ4n) is 2.24. The Balaban J connectivity index is 1.76. The van der Waals surface area contributed by atoms with E-state index in [0.29, 0.717) is 15.7 Å². The average molecular weight is 389 g/mol. The molecule has 0 spiro atoms. The fraction of sp³-hybridized carbons (Fsp3) is 0.0526. The minimum absolute atomic E-state index is 0.0494. The number of hydrogen-bond donors (Lipinski definition) is 1. The van der Waals surface area contributed by atoms with Crippen LogP contribution in [0.15, 0.2) is 71.7 Å². The zero-order chi connectivity index (χ0) is 18.5. The molecule has 3 aromatic rings. The number of rotatable bonds is 5. The van der Waals surface area contributed by atoms with Gasteiger partial charge in [0.2, 0.25) is 0 Å². The van der Waals surface area contributed by atoms with Crippen molar-refractivity contribution in [3.8, 4) is 0 Å². The second-order valence-corrected chi connectivity index (χ2v) is 6.21. The first-order valence-corrected chi connectivity index (χ1v) is 8.45. The van der Waals surface area contributed by atoms with E-state index in [1.54, 1.807) is 18.2 Å². The van der Waals surface area contributed by atoms with Crippen molar-refractivity contribution in [2.75, 3.05) is 5.32 Å². The van der Waals surface area contributed by atoms with Gasteiger partial charge in [-0.05, 0) is 35.9 Å². The van der Waals surface area contributed by atoms with E-state index >= 15 is 0 Å². The van der Waals surface area contributed by atoms with Gasteiger partial charge in [0, 0.05) is 11.9 Å². The summed E-state index contributed by atoms with van der Waals surface area (Å²) in [6.45, 7) is 0.207. The zero-order valence-electron chi connectivity index (χ0n) is 13.5. The van der Waals surface area contributed by atoms with Gasteiger partial charge in [0.1, 0.15) is 12.2 Å². The molecular formula is C19H14Cl2N2O3. The third kappa shape index (κ3) is 4.25. The number of aromatic nitrogens is 1. The molecule has 132 valence electrons. The summed E-state index contributed by atoms with van der Waals surface area (Å²) in [5.41, 5.74) is 0.738. The highest BCUT2D eigenvalue weighted by atomic mass is 35.5. The van der Waals surface area contributed by atoms with E-state index in [4.69, 9.17) is 28.0 Å². The summed E-state index contributed by atoms with van der Waals surface area (Å²) >= 11 is 11.8. The summed E-state index contributed by atoms with van der Waals surface area (Å²) in [7, 11) is 0. The van der Waals surface area contributed by atoms with Crippen LogP contribution < -0.4 is 15.7 Å². The number of carbonyl (C=O) groups excluding carboxylic acids is 1. The Kier molecular flexibility index (Phi) is 5.61. The standard InChI is InChI=1S/C19H14Cl2N2O3/c20-16-9-8-14(11-17(16)21)22-18(24)15-7-4-10-23(19(15)25)26-12-13-5-2-1-3-6-13/h1-11H,12H2,(H,22,24). The van der Waals surface area contributed by atoms with Crippen molar-refractivity contribution in [1.29, 1.82) is 0 Å². The van der Waals surface area contributed by atoms with Gasteiger partial charge in [0.15, 0.2) is 0 Å². The van der Waals surface area contributed by atoms with Gasteiger partial charge in [-0.1, -0.05) is 53.5 Å². The van der Waals surface area contributed by atoms with E-state index in [1.807, 2.05) is 30.3 Å². The predicted molar refractivity (Wildman–Crippen MR) is 102 cm³/mol. The second kappa shape index (κ2) is 8.08. The normalized spacial score (nSPS) is 10.4. The molecule has 0 fully saturated rings. The number of amides is 1. The summed E-state index contributed by atoms with van der Waals surface area (Å²) in [5, 5.41) is 3.30. The summed E-state index contributed by atoms with van der Waals surface area (Å²) < 4.78 is 1.04. The molecule has 1 amide bonds. The van der Waals surface area contributed by atoms with Crippen LogP contribution in [-0.4, -0.2) is 10.6 Å². The Morgan fingerprint density at radius 2 is 1.77 bits per heavy atom. The lowest BCUT2D eigenvalue weighted by Crippen LogP contribution is -2.32. The minimum Gasteiger partial charge on any atom is -0.406 e. The monoisotopic (exact) mass is 388 g/mol. The van der Waals surface area contributed by atoms with Crippen molar-refractivity contribution < 1.29 is 9.63 Å². The van der Waals surface area contributed by atoms with Gasteiger partial charge < -0.3 is 10.2 Å². The number of nitrogens with one attached hydrogen (secondary N) is 1. The Hall–Kier alpha value is -2.76. The van der Waals surface area contributed by atoms with Crippen LogP contribution in [0.3, 0.4) is 0 Å². The maximum atomic E-state index is 12.5. The van der Waals surface area contributed by atoms with Crippen molar-refractivity contribution in [3.05, 3.63) is 98.4 Å². The summed E-state index contributed by atoms with van der Waals surface area (Å²) in [4.78, 5) is 30.4. The molecule has 7 heteroatoms. The smallest absolute Gasteiger partial charge is 0.295 e. The van der Waals surface area contributed by atoms with Crippen LogP contribution in [0.1, 0.15) is 15.9 Å². The lowest BCUT2D eigenvalue weighted by molar-refractivity contribution is 0.0863. The van der Waals surface area contributed by atoms with E-state index in [1.165, 1.54) is 18.3 Å². The highest BCUT2D eigenvalue weighted by Crippen LogP contribution is 2.25. The molecule has 0 aliphatic rings. The molecule has 0 bridgehead atoms. The Labute approximate surface area is 159 Å². The molecule has 1 N–H and O–H groups in total. The number of nitrogens with zero attached hydrogens (tertiary/aromatic N) is 1. The molecule has 0 saturated heterocycles. The molecule has 3 rings (SSSR count). The molecule has 0 aliphatic heterocycles. The van der Waals surface area contributed by atoms with Crippen LogP contribution in [-0.2, 0) is 6.61 Å². The first-order valence-electron chi connectivity index (χ1n) is 7.70. The molecular weight excluding hydrogens is 375 g/mol. The maximum Gasteiger partial charge on any atom is 0.295 e. The molecule has 0 saturated carbocycles. The van der Waals surface area contributed by atoms with Gasteiger partial charge in [-0.15, -0.1) is 0 Å². The van der Waals surface area contributed by atoms with Gasteiger partial charge in [-0.2, -0.15) is 4.73 Å². The predicted octanol–water partition coefficient (Wildman–Crippen LogP) is 4.04. The van der Waals surface area contributed by atoms with Gasteiger partial charge in [0.25, 0.3) is 11.5 Å². The number of carbonyl (C=O) groups is 1. The van der Waals surface area contributed by atoms with Crippen LogP contribution >= 0.6 is 23.2 Å². The number of halogens is 2. The van der Waals surface area contributed by atoms with Crippen molar-refractivity contribution in [2.45, 2.75) is 6.61 Å². The van der Waals surface area contributed by atoms with E-state index in [9.17, 15) is 9.59 Å². The molecule has 0 aliphatic carbocycles. The first kappa shape index (κ1) is 18.0. The molecule has 2 aromatic carbocycles. The number of hydrogen-bond acceptors (Lipinski definition) is 3. The Morgan fingerprint density at radius 1 is 1.00 bits per heavy atom. The van der Waals surface area contributed by atoms with Crippen LogP contribution in [0.4, 0.5) is 5.69 Å². The molecule has 0 radical (unpaired) electrons. The van der Waals surface area contributed by atoms with Crippen LogP contribution in [0.25, 0.3) is 0 Å². The SMILES string of the molecule is O=C(Nc1ccc(Cl)c(Cl)c1)c1cccn(OCc2ccccc2)c1=O. The van der Waals surface area contributed by atoms with Gasteiger partial charge >= 0.3 is 0 Å². The zero-order valence-corrected chi connectivity index (χ0v) is 15.0. The number of benzene rings is 2. The van der Waals surface area contributed by atoms with Crippen molar-refractivity contribution in [3.63, 3.8) is 0 Å². The van der Waals surface area contributed by atoms with Crippen molar-refractivity contribution >= 4 is 34.8 Å². The van der Waals surface area contributed by atoms with E-state index < -0.39 is 11.5 Å². The average Bonchev–Trinajstić information content (AvgIpc) is 2.64. The van der Waals surface area contributed by atoms with E-state index in [-0.39, 0.29) is 12.2 Å². The largest absolute Gasteiger partial charge is 0.406 e. The Morgan fingerprint density at radius 3 is 2.50 bits per heavy atom. The molecule has 1 aromatic heterocycles. The van der Waals surface area contributed by atoms with Crippen LogP contribution in [0.5, 0.6) is 0 Å². The Bertz CT molecular complexity index is 988. The molecule has 1 heterocycles. The lowest BCUT2D eigenvalue weighted by Gasteiger charge is -2.10. The fourth-order valence-corrected chi connectivity index (χ4v) is 2.54. The third-order valence-corrected chi connectivity index (χ3v) is 4.29. The van der Waals surface area contributed by atoms with Crippen molar-refractivity contribution in [2.24, 2.45) is 0 Å². The van der Waals surface area contributed by atoms with Crippen molar-refractivity contribution in [1.82, 2.24) is 4.73 Å².